The molecule has 0 saturated carbocycles. The molecule has 2 aliphatic heterocycles. The number of nitrogens with one attached hydrogen (secondary N) is 1. The van der Waals surface area contributed by atoms with Crippen molar-refractivity contribution in [1.29, 1.82) is 0 Å². The first-order chi connectivity index (χ1) is 13.7. The molecule has 1 aromatic carbocycles. The van der Waals surface area contributed by atoms with Crippen molar-refractivity contribution in [3.63, 3.8) is 0 Å². The Kier molecular flexibility index (Phi) is 6.20. The lowest BCUT2D eigenvalue weighted by molar-refractivity contribution is -0.917. The van der Waals surface area contributed by atoms with Gasteiger partial charge in [0, 0.05) is 12.5 Å². The molecule has 2 aliphatic rings. The van der Waals surface area contributed by atoms with Gasteiger partial charge in [0.2, 0.25) is 5.91 Å². The predicted octanol–water partition coefficient (Wildman–Crippen LogP) is 2.50. The summed E-state index contributed by atoms with van der Waals surface area (Å²) in [5.74, 6) is 1.27. The molecule has 1 fully saturated rings. The van der Waals surface area contributed by atoms with E-state index in [0.29, 0.717) is 29.7 Å². The van der Waals surface area contributed by atoms with E-state index in [4.69, 9.17) is 21.1 Å². The lowest BCUT2D eigenvalue weighted by Crippen LogP contribution is -3.13. The number of hydrogen-bond donors (Lipinski definition) is 1. The fourth-order valence-electron chi connectivity index (χ4n) is 3.50. The average Bonchev–Trinajstić information content (AvgIpc) is 3.09. The second-order valence-electron chi connectivity index (χ2n) is 7.05. The van der Waals surface area contributed by atoms with Gasteiger partial charge < -0.3 is 19.3 Å². The number of carbonyl (C=O) groups is 1. The summed E-state index contributed by atoms with van der Waals surface area (Å²) >= 11 is 8.12. The molecule has 0 spiro atoms. The van der Waals surface area contributed by atoms with E-state index in [1.807, 2.05) is 17.0 Å². The number of ether oxygens (including phenoxy) is 2. The van der Waals surface area contributed by atoms with E-state index < -0.39 is 0 Å². The quantitative estimate of drug-likeness (QED) is 0.774. The number of carbonyl (C=O) groups excluding carboxylic acids is 1. The van der Waals surface area contributed by atoms with Crippen LogP contribution in [0.5, 0.6) is 11.5 Å². The van der Waals surface area contributed by atoms with E-state index in [-0.39, 0.29) is 5.91 Å². The summed E-state index contributed by atoms with van der Waals surface area (Å²) in [5.41, 5.74) is 0.838. The van der Waals surface area contributed by atoms with Crippen LogP contribution in [0, 0.1) is 0 Å². The molecule has 2 aromatic rings. The van der Waals surface area contributed by atoms with Gasteiger partial charge in [0.15, 0.2) is 11.5 Å². The Labute approximate surface area is 174 Å². The minimum absolute atomic E-state index is 0.0402. The normalized spacial score (nSPS) is 17.7. The van der Waals surface area contributed by atoms with Crippen LogP contribution in [0.15, 0.2) is 35.7 Å². The molecule has 28 heavy (non-hydrogen) atoms. The van der Waals surface area contributed by atoms with E-state index in [1.165, 1.54) is 9.78 Å². The van der Waals surface area contributed by atoms with Crippen molar-refractivity contribution >= 4 is 34.9 Å². The van der Waals surface area contributed by atoms with Gasteiger partial charge in [-0.3, -0.25) is 4.79 Å². The molecule has 148 valence electrons. The molecule has 0 aliphatic carbocycles. The third kappa shape index (κ3) is 4.69. The number of nitrogens with zero attached hydrogens (tertiary/aromatic N) is 1. The molecule has 0 atom stereocenters. The highest BCUT2D eigenvalue weighted by atomic mass is 35.5. The summed E-state index contributed by atoms with van der Waals surface area (Å²) in [4.78, 5) is 17.4. The highest BCUT2D eigenvalue weighted by molar-refractivity contribution is 7.09. The second-order valence-corrected chi connectivity index (χ2v) is 8.48. The van der Waals surface area contributed by atoms with Crippen molar-refractivity contribution in [3.05, 3.63) is 51.2 Å². The van der Waals surface area contributed by atoms with Crippen LogP contribution in [0.25, 0.3) is 6.08 Å². The van der Waals surface area contributed by atoms with Gasteiger partial charge in [-0.2, -0.15) is 0 Å². The first-order valence-electron chi connectivity index (χ1n) is 9.61. The summed E-state index contributed by atoms with van der Waals surface area (Å²) in [6.45, 7) is 5.78. The number of piperazine rings is 1. The van der Waals surface area contributed by atoms with Gasteiger partial charge in [0.05, 0.1) is 49.3 Å². The minimum Gasteiger partial charge on any atom is -0.489 e. The molecule has 0 unspecified atom stereocenters. The Morgan fingerprint density at radius 1 is 1.25 bits per heavy atom. The standard InChI is InChI=1S/C21H23ClN2O3S/c22-18-13-16(14-19-21(18)27-11-2-10-26-19)4-5-20(25)24-8-6-23(7-9-24)15-17-3-1-12-28-17/h1,3-5,12-14H,2,6-11,15H2/p+1/b5-4+. The average molecular weight is 420 g/mol. The minimum atomic E-state index is 0.0402. The van der Waals surface area contributed by atoms with Crippen LogP contribution in [0.2, 0.25) is 5.02 Å². The smallest absolute Gasteiger partial charge is 0.246 e. The third-order valence-electron chi connectivity index (χ3n) is 5.03. The molecule has 0 radical (unpaired) electrons. The topological polar surface area (TPSA) is 43.2 Å². The van der Waals surface area contributed by atoms with Crippen molar-refractivity contribution in [2.45, 2.75) is 13.0 Å². The molecule has 5 nitrogen and oxygen atoms in total. The molecule has 0 bridgehead atoms. The number of hydrogen-bond acceptors (Lipinski definition) is 4. The van der Waals surface area contributed by atoms with Crippen molar-refractivity contribution in [1.82, 2.24) is 4.90 Å². The van der Waals surface area contributed by atoms with Crippen LogP contribution in [0.3, 0.4) is 0 Å². The van der Waals surface area contributed by atoms with Crippen LogP contribution in [0.4, 0.5) is 0 Å². The molecule has 3 heterocycles. The van der Waals surface area contributed by atoms with Crippen LogP contribution < -0.4 is 14.4 Å². The van der Waals surface area contributed by atoms with E-state index in [1.54, 1.807) is 23.5 Å². The second kappa shape index (κ2) is 8.99. The third-order valence-corrected chi connectivity index (χ3v) is 6.19. The lowest BCUT2D eigenvalue weighted by atomic mass is 10.1. The van der Waals surface area contributed by atoms with Crippen LogP contribution in [-0.4, -0.2) is 50.2 Å². The van der Waals surface area contributed by atoms with Crippen LogP contribution in [0.1, 0.15) is 16.9 Å². The molecule has 1 saturated heterocycles. The molecular formula is C21H24ClN2O3S+. The highest BCUT2D eigenvalue weighted by Gasteiger charge is 2.22. The maximum atomic E-state index is 12.6. The van der Waals surface area contributed by atoms with Gasteiger partial charge in [-0.1, -0.05) is 17.7 Å². The zero-order chi connectivity index (χ0) is 19.3. The number of benzene rings is 1. The van der Waals surface area contributed by atoms with Gasteiger partial charge >= 0.3 is 0 Å². The summed E-state index contributed by atoms with van der Waals surface area (Å²) in [5, 5.41) is 2.63. The zero-order valence-corrected chi connectivity index (χ0v) is 17.2. The number of thiophene rings is 1. The van der Waals surface area contributed by atoms with Gasteiger partial charge in [0.1, 0.15) is 6.54 Å². The summed E-state index contributed by atoms with van der Waals surface area (Å²) in [6.07, 6.45) is 4.25. The molecule has 4 rings (SSSR count). The Balaban J connectivity index is 1.34. The lowest BCUT2D eigenvalue weighted by Gasteiger charge is -2.31. The first kappa shape index (κ1) is 19.3. The van der Waals surface area contributed by atoms with Crippen molar-refractivity contribution < 1.29 is 19.2 Å². The molecule has 7 heteroatoms. The van der Waals surface area contributed by atoms with Gasteiger partial charge in [-0.05, 0) is 35.2 Å². The van der Waals surface area contributed by atoms with Crippen LogP contribution in [-0.2, 0) is 11.3 Å². The van der Waals surface area contributed by atoms with Gasteiger partial charge in [-0.25, -0.2) is 0 Å². The molecule has 1 aromatic heterocycles. The maximum absolute atomic E-state index is 12.6. The van der Waals surface area contributed by atoms with E-state index >= 15 is 0 Å². The fraction of sp³-hybridized carbons (Fsp3) is 0.381. The number of fused-ring (bicyclic) bond motifs is 1. The summed E-state index contributed by atoms with van der Waals surface area (Å²) < 4.78 is 11.4. The van der Waals surface area contributed by atoms with Crippen molar-refractivity contribution in [3.8, 4) is 11.5 Å². The summed E-state index contributed by atoms with van der Waals surface area (Å²) in [6, 6.07) is 7.95. The first-order valence-corrected chi connectivity index (χ1v) is 10.9. The fourth-order valence-corrected chi connectivity index (χ4v) is 4.55. The largest absolute Gasteiger partial charge is 0.489 e. The zero-order valence-electron chi connectivity index (χ0n) is 15.7. The number of halogens is 1. The van der Waals surface area contributed by atoms with Crippen molar-refractivity contribution in [2.75, 3.05) is 39.4 Å². The predicted molar refractivity (Wildman–Crippen MR) is 111 cm³/mol. The number of quaternary nitrogens is 1. The maximum Gasteiger partial charge on any atom is 0.246 e. The Morgan fingerprint density at radius 3 is 2.86 bits per heavy atom. The van der Waals surface area contributed by atoms with Gasteiger partial charge in [0.25, 0.3) is 0 Å². The number of amides is 1. The summed E-state index contributed by atoms with van der Waals surface area (Å²) in [7, 11) is 0. The molecule has 1 N–H and O–H groups in total. The van der Waals surface area contributed by atoms with E-state index in [0.717, 1.165) is 44.7 Å². The van der Waals surface area contributed by atoms with E-state index in [9.17, 15) is 4.79 Å². The van der Waals surface area contributed by atoms with Gasteiger partial charge in [-0.15, -0.1) is 11.3 Å². The van der Waals surface area contributed by atoms with Crippen molar-refractivity contribution in [2.24, 2.45) is 0 Å². The Bertz CT molecular complexity index is 846. The van der Waals surface area contributed by atoms with E-state index in [2.05, 4.69) is 17.5 Å². The molecular weight excluding hydrogens is 396 g/mol. The molecule has 1 amide bonds. The Morgan fingerprint density at radius 2 is 2.07 bits per heavy atom. The number of rotatable bonds is 4. The highest BCUT2D eigenvalue weighted by Crippen LogP contribution is 2.38. The monoisotopic (exact) mass is 419 g/mol. The van der Waals surface area contributed by atoms with Crippen LogP contribution >= 0.6 is 22.9 Å². The SMILES string of the molecule is O=C(/C=C/c1cc(Cl)c2c(c1)OCCCO2)N1CC[NH+](Cc2cccs2)CC1. The Hall–Kier alpha value is -2.02.